The molecule has 0 atom stereocenters. The van der Waals surface area contributed by atoms with Gasteiger partial charge in [-0.05, 0) is 30.3 Å². The average Bonchev–Trinajstić information content (AvgIpc) is 2.93. The molecule has 0 saturated carbocycles. The average molecular weight is 356 g/mol. The topological polar surface area (TPSA) is 113 Å². The fraction of sp³-hybridized carbons (Fsp3) is 0.0588. The van der Waals surface area contributed by atoms with Crippen molar-refractivity contribution in [2.45, 2.75) is 0 Å². The monoisotopic (exact) mass is 356 g/mol. The van der Waals surface area contributed by atoms with Crippen LogP contribution in [0, 0.1) is 15.9 Å². The van der Waals surface area contributed by atoms with Crippen molar-refractivity contribution in [3.63, 3.8) is 0 Å². The first-order chi connectivity index (χ1) is 12.5. The van der Waals surface area contributed by atoms with Crippen LogP contribution < -0.4 is 5.43 Å². The van der Waals surface area contributed by atoms with Crippen LogP contribution in [0.2, 0.25) is 0 Å². The zero-order chi connectivity index (χ0) is 18.5. The van der Waals surface area contributed by atoms with Crippen molar-refractivity contribution in [1.82, 2.24) is 5.43 Å². The number of hydrazone groups is 1. The molecule has 3 aromatic rings. The Labute approximate surface area is 146 Å². The van der Waals surface area contributed by atoms with Crippen molar-refractivity contribution in [3.8, 4) is 5.95 Å². The highest BCUT2D eigenvalue weighted by atomic mass is 19.1. The molecule has 0 radical (unpaired) electrons. The van der Waals surface area contributed by atoms with E-state index in [1.165, 1.54) is 30.5 Å². The lowest BCUT2D eigenvalue weighted by Crippen LogP contribution is -2.26. The van der Waals surface area contributed by atoms with E-state index >= 15 is 0 Å². The Hall–Kier alpha value is -3.75. The van der Waals surface area contributed by atoms with Gasteiger partial charge in [-0.25, -0.2) is 9.38 Å². The van der Waals surface area contributed by atoms with Gasteiger partial charge in [0.1, 0.15) is 5.82 Å². The fourth-order valence-corrected chi connectivity index (χ4v) is 2.25. The lowest BCUT2D eigenvalue weighted by molar-refractivity contribution is -0.463. The Balaban J connectivity index is 1.81. The Morgan fingerprint density at radius 1 is 1.23 bits per heavy atom. The first kappa shape index (κ1) is 17.1. The summed E-state index contributed by atoms with van der Waals surface area (Å²) in [7, 11) is 0. The van der Waals surface area contributed by atoms with E-state index in [-0.39, 0.29) is 17.5 Å². The number of hydrogen-bond donors (Lipinski definition) is 2. The molecule has 0 amide bonds. The zero-order valence-corrected chi connectivity index (χ0v) is 13.3. The van der Waals surface area contributed by atoms with Crippen LogP contribution in [-0.4, -0.2) is 28.6 Å². The van der Waals surface area contributed by atoms with Crippen molar-refractivity contribution in [3.05, 3.63) is 70.2 Å². The Morgan fingerprint density at radius 2 is 1.92 bits per heavy atom. The molecule has 0 aliphatic heterocycles. The van der Waals surface area contributed by atoms with Crippen LogP contribution >= 0.6 is 0 Å². The van der Waals surface area contributed by atoms with Gasteiger partial charge in [0.05, 0.1) is 17.3 Å². The first-order valence-corrected chi connectivity index (χ1v) is 7.47. The van der Waals surface area contributed by atoms with Crippen LogP contribution in [0.4, 0.5) is 10.1 Å². The summed E-state index contributed by atoms with van der Waals surface area (Å²) < 4.78 is 18.1. The molecule has 0 bridgehead atoms. The number of nitrogens with zero attached hydrogens (tertiary/aromatic N) is 3. The summed E-state index contributed by atoms with van der Waals surface area (Å²) in [5.74, 6) is -0.436. The second-order valence-electron chi connectivity index (χ2n) is 5.21. The maximum Gasteiger partial charge on any atom is 0.290 e. The Kier molecular flexibility index (Phi) is 4.88. The maximum absolute atomic E-state index is 12.9. The van der Waals surface area contributed by atoms with E-state index in [1.807, 2.05) is 0 Å². The van der Waals surface area contributed by atoms with Gasteiger partial charge in [-0.3, -0.25) is 15.5 Å². The number of nitrogens with one attached hydrogen (secondary N) is 1. The highest BCUT2D eigenvalue weighted by Crippen LogP contribution is 2.29. The summed E-state index contributed by atoms with van der Waals surface area (Å²) >= 11 is 0. The smallest absolute Gasteiger partial charge is 0.290 e. The molecule has 0 aliphatic rings. The van der Waals surface area contributed by atoms with Crippen molar-refractivity contribution in [2.24, 2.45) is 10.1 Å². The molecule has 1 aromatic heterocycles. The third-order valence-electron chi connectivity index (χ3n) is 3.37. The van der Waals surface area contributed by atoms with E-state index in [4.69, 9.17) is 4.42 Å². The van der Waals surface area contributed by atoms with E-state index in [2.05, 4.69) is 15.5 Å². The minimum atomic E-state index is -0.598. The number of amidine groups is 1. The van der Waals surface area contributed by atoms with Crippen LogP contribution in [-0.2, 0) is 0 Å². The predicted molar refractivity (Wildman–Crippen MR) is 94.0 cm³/mol. The highest BCUT2D eigenvalue weighted by molar-refractivity contribution is 6.00. The summed E-state index contributed by atoms with van der Waals surface area (Å²) in [5, 5.41) is 25.6. The molecule has 2 N–H and O–H groups in total. The van der Waals surface area contributed by atoms with Gasteiger partial charge in [0, 0.05) is 10.3 Å². The first-order valence-electron chi connectivity index (χ1n) is 7.47. The second-order valence-corrected chi connectivity index (χ2v) is 5.21. The molecule has 132 valence electrons. The predicted octanol–water partition coefficient (Wildman–Crippen LogP) is 3.21. The van der Waals surface area contributed by atoms with Gasteiger partial charge >= 0.3 is 0 Å². The lowest BCUT2D eigenvalue weighted by atomic mass is 10.2. The number of aromatic hydroxyl groups is 1. The van der Waals surface area contributed by atoms with Crippen molar-refractivity contribution in [2.75, 3.05) is 6.54 Å². The molecular formula is C17H13FN4O4. The van der Waals surface area contributed by atoms with E-state index in [1.54, 1.807) is 24.3 Å². The number of nitro groups is 1. The molecule has 8 nitrogen and oxygen atoms in total. The number of halogens is 1. The van der Waals surface area contributed by atoms with Crippen LogP contribution in [0.5, 0.6) is 5.95 Å². The number of hydrogen-bond acceptors (Lipinski definition) is 6. The maximum atomic E-state index is 12.9. The van der Waals surface area contributed by atoms with Gasteiger partial charge in [0.2, 0.25) is 0 Å². The standard InChI is InChI=1S/C17H13FN4O4/c18-11-5-7-12(8-6-11)20-16(10-22(24)25)21-19-9-15-13-3-1-2-4-14(13)17(23)26-15/h1-9,23H,10H2,(H,20,21)/b19-9+. The molecule has 9 heteroatoms. The van der Waals surface area contributed by atoms with E-state index in [0.29, 0.717) is 16.5 Å². The van der Waals surface area contributed by atoms with Crippen molar-refractivity contribution in [1.29, 1.82) is 0 Å². The van der Waals surface area contributed by atoms with E-state index in [9.17, 15) is 19.6 Å². The second kappa shape index (κ2) is 7.43. The summed E-state index contributed by atoms with van der Waals surface area (Å²) in [6.07, 6.45) is 1.28. The molecule has 0 aliphatic carbocycles. The quantitative estimate of drug-likeness (QED) is 0.315. The normalized spacial score (nSPS) is 12.0. The number of rotatable bonds is 5. The minimum absolute atomic E-state index is 0.0436. The fourth-order valence-electron chi connectivity index (χ4n) is 2.25. The summed E-state index contributed by atoms with van der Waals surface area (Å²) in [6, 6.07) is 12.1. The number of benzene rings is 2. The van der Waals surface area contributed by atoms with Gasteiger partial charge in [-0.15, -0.1) is 0 Å². The van der Waals surface area contributed by atoms with Crippen molar-refractivity contribution < 1.29 is 18.8 Å². The van der Waals surface area contributed by atoms with Gasteiger partial charge in [-0.2, -0.15) is 5.10 Å². The number of furan rings is 1. The summed E-state index contributed by atoms with van der Waals surface area (Å²) in [5.41, 5.74) is 2.82. The molecule has 0 saturated heterocycles. The third kappa shape index (κ3) is 4.01. The lowest BCUT2D eigenvalue weighted by Gasteiger charge is -2.01. The molecule has 1 heterocycles. The van der Waals surface area contributed by atoms with Crippen LogP contribution in [0.1, 0.15) is 5.76 Å². The highest BCUT2D eigenvalue weighted by Gasteiger charge is 2.11. The number of aliphatic imine (C=N–C) groups is 1. The minimum Gasteiger partial charge on any atom is -0.480 e. The zero-order valence-electron chi connectivity index (χ0n) is 13.3. The van der Waals surface area contributed by atoms with Crippen molar-refractivity contribution >= 4 is 28.5 Å². The van der Waals surface area contributed by atoms with Crippen LogP contribution in [0.15, 0.2) is 63.0 Å². The molecule has 0 fully saturated rings. The molecular weight excluding hydrogens is 343 g/mol. The van der Waals surface area contributed by atoms with Crippen LogP contribution in [0.3, 0.4) is 0 Å². The summed E-state index contributed by atoms with van der Waals surface area (Å²) in [6.45, 7) is -0.598. The molecule has 0 unspecified atom stereocenters. The van der Waals surface area contributed by atoms with Crippen LogP contribution in [0.25, 0.3) is 10.8 Å². The van der Waals surface area contributed by atoms with Gasteiger partial charge in [-0.1, -0.05) is 18.2 Å². The van der Waals surface area contributed by atoms with Gasteiger partial charge < -0.3 is 9.52 Å². The van der Waals surface area contributed by atoms with Gasteiger partial charge in [0.25, 0.3) is 12.5 Å². The molecule has 2 aromatic carbocycles. The van der Waals surface area contributed by atoms with E-state index in [0.717, 1.165) is 0 Å². The molecule has 3 rings (SSSR count). The SMILES string of the molecule is O=[N+]([O-])CC(=Nc1ccc(F)cc1)N/N=C/c1oc(O)c2ccccc12. The van der Waals surface area contributed by atoms with Gasteiger partial charge in [0.15, 0.2) is 11.6 Å². The van der Waals surface area contributed by atoms with E-state index < -0.39 is 17.3 Å². The Bertz CT molecular complexity index is 996. The third-order valence-corrected chi connectivity index (χ3v) is 3.37. The Morgan fingerprint density at radius 3 is 2.62 bits per heavy atom. The number of fused-ring (bicyclic) bond motifs is 1. The summed E-state index contributed by atoms with van der Waals surface area (Å²) in [4.78, 5) is 14.3. The molecule has 26 heavy (non-hydrogen) atoms. The largest absolute Gasteiger partial charge is 0.480 e. The molecule has 0 spiro atoms.